The molecular formula is C24H37N3O5. The summed E-state index contributed by atoms with van der Waals surface area (Å²) in [5, 5.41) is 11.7. The van der Waals surface area contributed by atoms with Crippen molar-refractivity contribution in [2.75, 3.05) is 20.2 Å². The molecule has 8 heteroatoms. The first-order chi connectivity index (χ1) is 15.5. The number of hydrogen-bond donors (Lipinski definition) is 3. The molecule has 3 amide bonds. The Labute approximate surface area is 190 Å². The lowest BCUT2D eigenvalue weighted by Crippen LogP contribution is -2.51. The third-order valence-corrected chi connectivity index (χ3v) is 5.86. The van der Waals surface area contributed by atoms with Crippen LogP contribution in [0, 0.1) is 5.92 Å². The van der Waals surface area contributed by atoms with Crippen LogP contribution in [0.4, 0.5) is 0 Å². The maximum Gasteiger partial charge on any atom is 0.247 e. The van der Waals surface area contributed by atoms with E-state index >= 15 is 0 Å². The second-order valence-corrected chi connectivity index (χ2v) is 8.52. The number of hydroxylamine groups is 1. The van der Waals surface area contributed by atoms with Crippen LogP contribution in [0.5, 0.6) is 0 Å². The topological polar surface area (TPSA) is 108 Å². The van der Waals surface area contributed by atoms with Crippen LogP contribution in [0.25, 0.3) is 0 Å². The predicted octanol–water partition coefficient (Wildman–Crippen LogP) is 2.79. The molecule has 1 saturated heterocycles. The molecule has 3 N–H and O–H groups in total. The van der Waals surface area contributed by atoms with Gasteiger partial charge in [-0.15, -0.1) is 0 Å². The molecule has 0 radical (unpaired) electrons. The van der Waals surface area contributed by atoms with Crippen LogP contribution in [0.3, 0.4) is 0 Å². The largest absolute Gasteiger partial charge is 0.374 e. The van der Waals surface area contributed by atoms with Crippen molar-refractivity contribution in [3.8, 4) is 0 Å². The summed E-state index contributed by atoms with van der Waals surface area (Å²) >= 11 is 0. The van der Waals surface area contributed by atoms with Crippen LogP contribution in [0.1, 0.15) is 63.4 Å². The van der Waals surface area contributed by atoms with E-state index in [9.17, 15) is 14.4 Å². The molecule has 1 aliphatic rings. The van der Waals surface area contributed by atoms with Crippen molar-refractivity contribution >= 4 is 17.7 Å². The molecule has 0 aliphatic carbocycles. The Balaban J connectivity index is 2.09. The Kier molecular flexibility index (Phi) is 11.8. The highest BCUT2D eigenvalue weighted by atomic mass is 16.5. The summed E-state index contributed by atoms with van der Waals surface area (Å²) in [6.45, 7) is 1.00. The number of amides is 3. The van der Waals surface area contributed by atoms with Crippen molar-refractivity contribution in [2.45, 2.75) is 70.4 Å². The Hall–Kier alpha value is -2.45. The molecule has 8 nitrogen and oxygen atoms in total. The third kappa shape index (κ3) is 9.36. The van der Waals surface area contributed by atoms with Crippen LogP contribution < -0.4 is 10.8 Å². The van der Waals surface area contributed by atoms with E-state index in [1.165, 1.54) is 0 Å². The smallest absolute Gasteiger partial charge is 0.247 e. The summed E-state index contributed by atoms with van der Waals surface area (Å²) in [5.74, 6) is -1.78. The number of nitrogens with one attached hydrogen (secondary N) is 2. The van der Waals surface area contributed by atoms with Gasteiger partial charge in [0, 0.05) is 25.9 Å². The molecule has 2 unspecified atom stereocenters. The quantitative estimate of drug-likeness (QED) is 0.459. The van der Waals surface area contributed by atoms with Gasteiger partial charge in [0.05, 0.1) is 13.2 Å². The first-order valence-electron chi connectivity index (χ1n) is 11.6. The van der Waals surface area contributed by atoms with Crippen molar-refractivity contribution in [3.05, 3.63) is 35.9 Å². The van der Waals surface area contributed by atoms with E-state index in [4.69, 9.17) is 9.94 Å². The molecule has 178 valence electrons. The van der Waals surface area contributed by atoms with E-state index in [1.807, 2.05) is 30.3 Å². The molecule has 1 aromatic rings. The van der Waals surface area contributed by atoms with E-state index in [1.54, 1.807) is 17.4 Å². The Morgan fingerprint density at radius 1 is 1.09 bits per heavy atom. The van der Waals surface area contributed by atoms with Crippen molar-refractivity contribution in [2.24, 2.45) is 5.92 Å². The average molecular weight is 448 g/mol. The van der Waals surface area contributed by atoms with Gasteiger partial charge in [-0.3, -0.25) is 19.6 Å². The van der Waals surface area contributed by atoms with Gasteiger partial charge >= 0.3 is 0 Å². The van der Waals surface area contributed by atoms with Gasteiger partial charge in [0.25, 0.3) is 0 Å². The molecule has 0 saturated carbocycles. The SMILES string of the molecule is CN1CCCCCCCCCC(CC(=O)NO)C(=O)NC(COCc2ccccc2)C1=O. The second-order valence-electron chi connectivity index (χ2n) is 8.52. The standard InChI is InChI=1S/C24H37N3O5/c1-27-15-11-6-4-2-3-5-10-14-20(16-22(28)26-31)23(29)25-21(24(27)30)18-32-17-19-12-8-7-9-13-19/h7-9,12-13,20-21,31H,2-6,10-11,14-18H2,1H3,(H,25,29)(H,26,28). The van der Waals surface area contributed by atoms with Crippen molar-refractivity contribution < 1.29 is 24.3 Å². The lowest BCUT2D eigenvalue weighted by Gasteiger charge is -2.26. The van der Waals surface area contributed by atoms with Crippen molar-refractivity contribution in [1.29, 1.82) is 0 Å². The molecule has 32 heavy (non-hydrogen) atoms. The highest BCUT2D eigenvalue weighted by Gasteiger charge is 2.29. The molecule has 0 spiro atoms. The number of benzene rings is 1. The molecule has 0 aromatic heterocycles. The van der Waals surface area contributed by atoms with E-state index < -0.39 is 17.9 Å². The summed E-state index contributed by atoms with van der Waals surface area (Å²) in [6, 6.07) is 8.80. The van der Waals surface area contributed by atoms with Crippen LogP contribution in [0.2, 0.25) is 0 Å². The van der Waals surface area contributed by atoms with Gasteiger partial charge in [0.15, 0.2) is 0 Å². The first kappa shape index (κ1) is 25.8. The van der Waals surface area contributed by atoms with Gasteiger partial charge in [-0.05, 0) is 18.4 Å². The van der Waals surface area contributed by atoms with Crippen LogP contribution >= 0.6 is 0 Å². The van der Waals surface area contributed by atoms with Gasteiger partial charge in [-0.2, -0.15) is 0 Å². The fourth-order valence-corrected chi connectivity index (χ4v) is 3.93. The van der Waals surface area contributed by atoms with Crippen molar-refractivity contribution in [1.82, 2.24) is 15.7 Å². The molecule has 1 aliphatic heterocycles. The van der Waals surface area contributed by atoms with E-state index in [0.29, 0.717) is 19.6 Å². The lowest BCUT2D eigenvalue weighted by molar-refractivity contribution is -0.140. The number of rotatable bonds is 6. The molecule has 0 bridgehead atoms. The molecule has 2 atom stereocenters. The minimum absolute atomic E-state index is 0.0444. The summed E-state index contributed by atoms with van der Waals surface area (Å²) in [7, 11) is 1.74. The monoisotopic (exact) mass is 447 g/mol. The van der Waals surface area contributed by atoms with Crippen molar-refractivity contribution in [3.63, 3.8) is 0 Å². The number of carbonyl (C=O) groups is 3. The molecule has 1 aromatic carbocycles. The normalized spacial score (nSPS) is 21.9. The number of carbonyl (C=O) groups excluding carboxylic acids is 3. The highest BCUT2D eigenvalue weighted by molar-refractivity contribution is 5.90. The number of hydrogen-bond acceptors (Lipinski definition) is 5. The zero-order valence-corrected chi connectivity index (χ0v) is 19.1. The number of likely N-dealkylation sites (N-methyl/N-ethyl adjacent to an activating group) is 1. The Morgan fingerprint density at radius 2 is 1.75 bits per heavy atom. The summed E-state index contributed by atoms with van der Waals surface area (Å²) in [6.07, 6.45) is 7.55. The molecule has 1 fully saturated rings. The predicted molar refractivity (Wildman–Crippen MR) is 121 cm³/mol. The average Bonchev–Trinajstić information content (AvgIpc) is 2.81. The molecule has 2 rings (SSSR count). The zero-order valence-electron chi connectivity index (χ0n) is 19.1. The second kappa shape index (κ2) is 14.6. The van der Waals surface area contributed by atoms with E-state index in [2.05, 4.69) is 5.32 Å². The summed E-state index contributed by atoms with van der Waals surface area (Å²) in [5.41, 5.74) is 2.59. The maximum absolute atomic E-state index is 13.1. The van der Waals surface area contributed by atoms with Gasteiger partial charge in [-0.25, -0.2) is 5.48 Å². The zero-order chi connectivity index (χ0) is 23.2. The van der Waals surface area contributed by atoms with Crippen LogP contribution in [0.15, 0.2) is 30.3 Å². The fourth-order valence-electron chi connectivity index (χ4n) is 3.93. The van der Waals surface area contributed by atoms with Crippen LogP contribution in [-0.4, -0.2) is 54.1 Å². The Morgan fingerprint density at radius 3 is 2.44 bits per heavy atom. The van der Waals surface area contributed by atoms with Crippen LogP contribution in [-0.2, 0) is 25.7 Å². The van der Waals surface area contributed by atoms with E-state index in [0.717, 1.165) is 50.5 Å². The number of ether oxygens (including phenoxy) is 1. The summed E-state index contributed by atoms with van der Waals surface area (Å²) in [4.78, 5) is 39.4. The van der Waals surface area contributed by atoms with Gasteiger partial charge in [-0.1, -0.05) is 68.9 Å². The maximum atomic E-state index is 13.1. The molecule has 1 heterocycles. The first-order valence-corrected chi connectivity index (χ1v) is 11.6. The van der Waals surface area contributed by atoms with Gasteiger partial charge < -0.3 is 15.0 Å². The number of nitrogens with zero attached hydrogens (tertiary/aromatic N) is 1. The van der Waals surface area contributed by atoms with Gasteiger partial charge in [0.2, 0.25) is 17.7 Å². The summed E-state index contributed by atoms with van der Waals surface area (Å²) < 4.78 is 5.77. The fraction of sp³-hybridized carbons (Fsp3) is 0.625. The Bertz CT molecular complexity index is 713. The van der Waals surface area contributed by atoms with E-state index in [-0.39, 0.29) is 24.8 Å². The lowest BCUT2D eigenvalue weighted by atomic mass is 9.95. The third-order valence-electron chi connectivity index (χ3n) is 5.86. The minimum atomic E-state index is -0.832. The minimum Gasteiger partial charge on any atom is -0.374 e. The highest BCUT2D eigenvalue weighted by Crippen LogP contribution is 2.17. The molecular weight excluding hydrogens is 410 g/mol. The van der Waals surface area contributed by atoms with Gasteiger partial charge in [0.1, 0.15) is 6.04 Å².